The molecule has 0 spiro atoms. The van der Waals surface area contributed by atoms with Crippen LogP contribution in [0.1, 0.15) is 35.3 Å². The van der Waals surface area contributed by atoms with Crippen molar-refractivity contribution < 1.29 is 23.7 Å². The first kappa shape index (κ1) is 17.8. The third-order valence-electron chi connectivity index (χ3n) is 4.51. The Labute approximate surface area is 162 Å². The van der Waals surface area contributed by atoms with Gasteiger partial charge in [-0.1, -0.05) is 11.6 Å². The van der Waals surface area contributed by atoms with Gasteiger partial charge in [-0.25, -0.2) is 0 Å². The fraction of sp³-hybridized carbons (Fsp3) is 0.350. The number of benzene rings is 2. The van der Waals surface area contributed by atoms with Gasteiger partial charge >= 0.3 is 0 Å². The molecule has 0 saturated carbocycles. The van der Waals surface area contributed by atoms with E-state index in [1.54, 1.807) is 12.1 Å². The molecule has 2 aromatic rings. The van der Waals surface area contributed by atoms with Crippen molar-refractivity contribution in [3.63, 3.8) is 0 Å². The summed E-state index contributed by atoms with van der Waals surface area (Å²) in [4.78, 5) is 12.6. The van der Waals surface area contributed by atoms with Crippen molar-refractivity contribution in [1.29, 1.82) is 0 Å². The van der Waals surface area contributed by atoms with Crippen molar-refractivity contribution in [2.45, 2.75) is 32.9 Å². The molecule has 0 radical (unpaired) electrons. The predicted octanol–water partition coefficient (Wildman–Crippen LogP) is 3.72. The van der Waals surface area contributed by atoms with Crippen molar-refractivity contribution in [3.05, 3.63) is 46.0 Å². The molecule has 1 amide bonds. The topological polar surface area (TPSA) is 66.0 Å². The third-order valence-corrected chi connectivity index (χ3v) is 4.79. The quantitative estimate of drug-likeness (QED) is 0.844. The third kappa shape index (κ3) is 3.49. The lowest BCUT2D eigenvalue weighted by atomic mass is 10.1. The van der Waals surface area contributed by atoms with Gasteiger partial charge < -0.3 is 24.3 Å². The Bertz CT molecular complexity index is 898. The second-order valence-electron chi connectivity index (χ2n) is 6.51. The van der Waals surface area contributed by atoms with Crippen LogP contribution in [0.15, 0.2) is 24.3 Å². The summed E-state index contributed by atoms with van der Waals surface area (Å²) in [5.41, 5.74) is 2.40. The molecule has 0 saturated heterocycles. The maximum Gasteiger partial charge on any atom is 0.251 e. The normalized spacial score (nSPS) is 16.6. The van der Waals surface area contributed by atoms with E-state index in [4.69, 9.17) is 30.5 Å². The molecule has 1 atom stereocenters. The summed E-state index contributed by atoms with van der Waals surface area (Å²) in [6.45, 7) is 4.93. The Hall–Kier alpha value is -2.60. The zero-order valence-corrected chi connectivity index (χ0v) is 15.9. The molecule has 2 aliphatic rings. The lowest BCUT2D eigenvalue weighted by molar-refractivity contribution is 0.0950. The smallest absolute Gasteiger partial charge is 0.251 e. The monoisotopic (exact) mass is 389 g/mol. The first-order chi connectivity index (χ1) is 13.0. The average Bonchev–Trinajstić information content (AvgIpc) is 3.25. The molecule has 2 aromatic carbocycles. The van der Waals surface area contributed by atoms with Gasteiger partial charge in [-0.2, -0.15) is 0 Å². The lowest BCUT2D eigenvalue weighted by Crippen LogP contribution is -2.23. The second-order valence-corrected chi connectivity index (χ2v) is 6.91. The maximum atomic E-state index is 12.6. The summed E-state index contributed by atoms with van der Waals surface area (Å²) < 4.78 is 22.2. The molecule has 142 valence electrons. The van der Waals surface area contributed by atoms with Crippen LogP contribution in [-0.4, -0.2) is 25.4 Å². The van der Waals surface area contributed by atoms with Crippen LogP contribution in [0.4, 0.5) is 0 Å². The average molecular weight is 390 g/mol. The van der Waals surface area contributed by atoms with E-state index in [2.05, 4.69) is 5.32 Å². The van der Waals surface area contributed by atoms with Gasteiger partial charge in [0.1, 0.15) is 17.6 Å². The van der Waals surface area contributed by atoms with Crippen molar-refractivity contribution >= 4 is 17.5 Å². The van der Waals surface area contributed by atoms with Crippen molar-refractivity contribution in [2.24, 2.45) is 0 Å². The Morgan fingerprint density at radius 1 is 1.26 bits per heavy atom. The molecule has 27 heavy (non-hydrogen) atoms. The number of hydrogen-bond donors (Lipinski definition) is 1. The standard InChI is InChI=1S/C20H20ClNO5/c1-3-24-16-6-12-4-11(2)27-17(12)8-14(16)9-22-20(23)13-5-15(21)19-18(7-13)25-10-26-19/h5-8,11H,3-4,9-10H2,1-2H3,(H,22,23)/t11-/m1/s1. The Balaban J connectivity index is 1.52. The highest BCUT2D eigenvalue weighted by molar-refractivity contribution is 6.32. The number of rotatable bonds is 5. The minimum atomic E-state index is -0.257. The Morgan fingerprint density at radius 2 is 2.11 bits per heavy atom. The molecular weight excluding hydrogens is 370 g/mol. The van der Waals surface area contributed by atoms with E-state index in [9.17, 15) is 4.79 Å². The first-order valence-corrected chi connectivity index (χ1v) is 9.25. The van der Waals surface area contributed by atoms with Gasteiger partial charge in [0.2, 0.25) is 6.79 Å². The lowest BCUT2D eigenvalue weighted by Gasteiger charge is -2.13. The van der Waals surface area contributed by atoms with Gasteiger partial charge in [0.05, 0.1) is 11.6 Å². The molecule has 2 heterocycles. The van der Waals surface area contributed by atoms with Crippen LogP contribution in [-0.2, 0) is 13.0 Å². The van der Waals surface area contributed by atoms with Crippen LogP contribution < -0.4 is 24.3 Å². The number of fused-ring (bicyclic) bond motifs is 2. The van der Waals surface area contributed by atoms with Crippen LogP contribution in [0.3, 0.4) is 0 Å². The zero-order valence-electron chi connectivity index (χ0n) is 15.1. The SMILES string of the molecule is CCOc1cc2c(cc1CNC(=O)c1cc(Cl)c3c(c1)OCO3)O[C@H](C)C2. The summed E-state index contributed by atoms with van der Waals surface area (Å²) in [5.74, 6) is 2.30. The molecule has 6 nitrogen and oxygen atoms in total. The van der Waals surface area contributed by atoms with E-state index < -0.39 is 0 Å². The van der Waals surface area contributed by atoms with E-state index in [0.29, 0.717) is 35.2 Å². The molecule has 1 N–H and O–H groups in total. The van der Waals surface area contributed by atoms with E-state index in [1.807, 2.05) is 26.0 Å². The maximum absolute atomic E-state index is 12.6. The highest BCUT2D eigenvalue weighted by Gasteiger charge is 2.23. The molecule has 4 rings (SSSR count). The molecule has 0 fully saturated rings. The number of carbonyl (C=O) groups excluding carboxylic acids is 1. The van der Waals surface area contributed by atoms with Crippen LogP contribution in [0.5, 0.6) is 23.0 Å². The number of nitrogens with one attached hydrogen (secondary N) is 1. The first-order valence-electron chi connectivity index (χ1n) is 8.87. The van der Waals surface area contributed by atoms with E-state index in [-0.39, 0.29) is 18.8 Å². The molecular formula is C20H20ClNO5. The molecule has 0 unspecified atom stereocenters. The fourth-order valence-corrected chi connectivity index (χ4v) is 3.55. The zero-order chi connectivity index (χ0) is 19.0. The minimum absolute atomic E-state index is 0.103. The summed E-state index contributed by atoms with van der Waals surface area (Å²) in [5, 5.41) is 3.26. The van der Waals surface area contributed by atoms with E-state index in [1.165, 1.54) is 0 Å². The van der Waals surface area contributed by atoms with Gasteiger partial charge in [0.25, 0.3) is 5.91 Å². The molecule has 0 aromatic heterocycles. The Morgan fingerprint density at radius 3 is 2.93 bits per heavy atom. The number of ether oxygens (including phenoxy) is 4. The predicted molar refractivity (Wildman–Crippen MR) is 100 cm³/mol. The van der Waals surface area contributed by atoms with Crippen molar-refractivity contribution in [1.82, 2.24) is 5.32 Å². The van der Waals surface area contributed by atoms with Crippen LogP contribution in [0.2, 0.25) is 5.02 Å². The summed E-state index contributed by atoms with van der Waals surface area (Å²) in [6, 6.07) is 7.14. The summed E-state index contributed by atoms with van der Waals surface area (Å²) in [6.07, 6.45) is 1.01. The summed E-state index contributed by atoms with van der Waals surface area (Å²) >= 11 is 6.16. The number of carbonyl (C=O) groups is 1. The highest BCUT2D eigenvalue weighted by atomic mass is 35.5. The van der Waals surface area contributed by atoms with E-state index in [0.717, 1.165) is 29.0 Å². The number of halogens is 1. The highest BCUT2D eigenvalue weighted by Crippen LogP contribution is 2.40. The molecule has 2 aliphatic heterocycles. The van der Waals surface area contributed by atoms with Gasteiger partial charge in [0, 0.05) is 29.7 Å². The van der Waals surface area contributed by atoms with Crippen LogP contribution in [0, 0.1) is 0 Å². The van der Waals surface area contributed by atoms with Crippen molar-refractivity contribution in [3.8, 4) is 23.0 Å². The fourth-order valence-electron chi connectivity index (χ4n) is 3.29. The molecule has 0 aliphatic carbocycles. The largest absolute Gasteiger partial charge is 0.494 e. The molecule has 7 heteroatoms. The van der Waals surface area contributed by atoms with Gasteiger partial charge in [-0.3, -0.25) is 4.79 Å². The van der Waals surface area contributed by atoms with Crippen LogP contribution >= 0.6 is 11.6 Å². The van der Waals surface area contributed by atoms with Crippen molar-refractivity contribution in [2.75, 3.05) is 13.4 Å². The second kappa shape index (κ2) is 7.19. The van der Waals surface area contributed by atoms with Crippen LogP contribution in [0.25, 0.3) is 0 Å². The van der Waals surface area contributed by atoms with E-state index >= 15 is 0 Å². The Kier molecular flexibility index (Phi) is 4.74. The van der Waals surface area contributed by atoms with Gasteiger partial charge in [-0.05, 0) is 38.1 Å². The van der Waals surface area contributed by atoms with Gasteiger partial charge in [0.15, 0.2) is 11.5 Å². The minimum Gasteiger partial charge on any atom is -0.494 e. The number of hydrogen-bond acceptors (Lipinski definition) is 5. The summed E-state index contributed by atoms with van der Waals surface area (Å²) in [7, 11) is 0. The number of amides is 1. The van der Waals surface area contributed by atoms with Gasteiger partial charge in [-0.15, -0.1) is 0 Å². The molecule has 0 bridgehead atoms.